The van der Waals surface area contributed by atoms with Gasteiger partial charge in [-0.1, -0.05) is 25.4 Å². The molecule has 0 spiro atoms. The lowest BCUT2D eigenvalue weighted by Crippen LogP contribution is -2.60. The summed E-state index contributed by atoms with van der Waals surface area (Å²) in [6.45, 7) is 4.39. The summed E-state index contributed by atoms with van der Waals surface area (Å²) in [7, 11) is 1.54. The number of nitrogens with zero attached hydrogens (tertiary/aromatic N) is 2. The number of hydrogen-bond donors (Lipinski definition) is 0. The van der Waals surface area contributed by atoms with Crippen LogP contribution in [0.5, 0.6) is 0 Å². The van der Waals surface area contributed by atoms with E-state index in [2.05, 4.69) is 0 Å². The topological polar surface area (TPSA) is 37.4 Å². The minimum atomic E-state index is -0.462. The molecule has 2 unspecified atom stereocenters. The molecule has 0 aromatic rings. The predicted octanol–water partition coefficient (Wildman–Crippen LogP) is 2.68. The molecule has 1 rings (SSSR count). The molecule has 1 heterocycles. The summed E-state index contributed by atoms with van der Waals surface area (Å²) >= 11 is 11.4. The molecule has 0 bridgehead atoms. The normalized spacial score (nSPS) is 28.1. The van der Waals surface area contributed by atoms with Gasteiger partial charge in [-0.3, -0.25) is 0 Å². The number of quaternary nitrogens is 1. The molecule has 0 radical (unpaired) electrons. The predicted molar refractivity (Wildman–Crippen MR) is 62.5 cm³/mol. The second-order valence-electron chi connectivity index (χ2n) is 4.26. The zero-order valence-electron chi connectivity index (χ0n) is 9.54. The molecule has 0 N–H and O–H groups in total. The van der Waals surface area contributed by atoms with Crippen molar-refractivity contribution < 1.29 is 14.1 Å². The Morgan fingerprint density at radius 3 is 2.56 bits per heavy atom. The van der Waals surface area contributed by atoms with Gasteiger partial charge in [-0.15, -0.1) is 0 Å². The van der Waals surface area contributed by atoms with Crippen LogP contribution in [0, 0.1) is 5.92 Å². The largest absolute Gasteiger partial charge is 0.445 e. The highest BCUT2D eigenvalue weighted by Crippen LogP contribution is 2.26. The Labute approximate surface area is 105 Å². The van der Waals surface area contributed by atoms with Gasteiger partial charge < -0.3 is 0 Å². The second kappa shape index (κ2) is 4.73. The summed E-state index contributed by atoms with van der Waals surface area (Å²) in [5, 5.41) is -0.0135. The van der Waals surface area contributed by atoms with Gasteiger partial charge in [0.05, 0.1) is 19.8 Å². The zero-order chi connectivity index (χ0) is 12.5. The number of imide groups is 1. The minimum Gasteiger partial charge on any atom is -0.224 e. The Morgan fingerprint density at radius 1 is 1.50 bits per heavy atom. The molecule has 0 aliphatic carbocycles. The fourth-order valence-electron chi connectivity index (χ4n) is 1.66. The fourth-order valence-corrected chi connectivity index (χ4v) is 2.26. The average molecular weight is 266 g/mol. The molecule has 1 aliphatic rings. The zero-order valence-corrected chi connectivity index (χ0v) is 11.0. The number of likely N-dealkylation sites (N-methyl/N-ethyl adjacent to an activating group) is 1. The lowest BCUT2D eigenvalue weighted by atomic mass is 10.1. The van der Waals surface area contributed by atoms with Crippen molar-refractivity contribution in [1.29, 1.82) is 0 Å². The van der Waals surface area contributed by atoms with Gasteiger partial charge in [-0.25, -0.2) is 9.59 Å². The molecule has 16 heavy (non-hydrogen) atoms. The van der Waals surface area contributed by atoms with Crippen molar-refractivity contribution in [2.75, 3.05) is 13.6 Å². The van der Waals surface area contributed by atoms with Crippen LogP contribution in [0.25, 0.3) is 0 Å². The third-order valence-electron chi connectivity index (χ3n) is 2.86. The van der Waals surface area contributed by atoms with Gasteiger partial charge in [0.1, 0.15) is 0 Å². The van der Waals surface area contributed by atoms with Crippen LogP contribution in [0.3, 0.4) is 0 Å². The maximum absolute atomic E-state index is 11.9. The van der Waals surface area contributed by atoms with Gasteiger partial charge in [0.15, 0.2) is 5.03 Å². The van der Waals surface area contributed by atoms with Crippen LogP contribution in [0.15, 0.2) is 11.2 Å². The van der Waals surface area contributed by atoms with E-state index in [0.29, 0.717) is 6.54 Å². The maximum atomic E-state index is 11.9. The van der Waals surface area contributed by atoms with Crippen molar-refractivity contribution in [3.05, 3.63) is 11.2 Å². The van der Waals surface area contributed by atoms with Crippen molar-refractivity contribution in [3.8, 4) is 0 Å². The molecule has 0 aromatic carbocycles. The van der Waals surface area contributed by atoms with Crippen LogP contribution < -0.4 is 0 Å². The van der Waals surface area contributed by atoms with Crippen LogP contribution in [-0.4, -0.2) is 34.4 Å². The Bertz CT molecular complexity index is 357. The fraction of sp³-hybridized carbons (Fsp3) is 0.600. The van der Waals surface area contributed by atoms with E-state index in [1.54, 1.807) is 7.05 Å². The first-order valence-corrected chi connectivity index (χ1v) is 5.81. The lowest BCUT2D eigenvalue weighted by Gasteiger charge is -2.34. The first-order valence-electron chi connectivity index (χ1n) is 5.10. The molecule has 4 nitrogen and oxygen atoms in total. The van der Waals surface area contributed by atoms with E-state index < -0.39 is 16.4 Å². The first-order chi connectivity index (χ1) is 7.32. The van der Waals surface area contributed by atoms with Crippen LogP contribution in [0.1, 0.15) is 20.3 Å². The highest BCUT2D eigenvalue weighted by atomic mass is 35.5. The van der Waals surface area contributed by atoms with Crippen molar-refractivity contribution in [1.82, 2.24) is 4.42 Å². The van der Waals surface area contributed by atoms with Crippen LogP contribution in [0.2, 0.25) is 0 Å². The molecule has 0 fully saturated rings. The van der Waals surface area contributed by atoms with Crippen LogP contribution in [0.4, 0.5) is 4.79 Å². The number of rotatable bonds is 3. The Morgan fingerprint density at radius 2 is 2.06 bits per heavy atom. The lowest BCUT2D eigenvalue weighted by molar-refractivity contribution is -0.757. The first kappa shape index (κ1) is 13.5. The van der Waals surface area contributed by atoms with E-state index in [1.165, 1.54) is 0 Å². The maximum Gasteiger partial charge on any atom is 0.445 e. The van der Waals surface area contributed by atoms with Crippen molar-refractivity contribution in [2.45, 2.75) is 20.3 Å². The van der Waals surface area contributed by atoms with Crippen molar-refractivity contribution >= 4 is 35.3 Å². The van der Waals surface area contributed by atoms with Gasteiger partial charge in [-0.05, 0) is 6.42 Å². The highest BCUT2D eigenvalue weighted by molar-refractivity contribution is 6.42. The van der Waals surface area contributed by atoms with Gasteiger partial charge in [0.2, 0.25) is 0 Å². The third kappa shape index (κ3) is 2.24. The smallest absolute Gasteiger partial charge is 0.224 e. The standard InChI is InChI=1S/C10H15Cl2N2O2/c1-4-7(2)6-14(3)9(15)8(11)5-13(12)10(14)16/h5,7H,4,6H2,1-3H3/q+1. The molecule has 90 valence electrons. The third-order valence-corrected chi connectivity index (χ3v) is 3.36. The summed E-state index contributed by atoms with van der Waals surface area (Å²) in [4.78, 5) is 23.8. The van der Waals surface area contributed by atoms with Crippen molar-refractivity contribution in [3.63, 3.8) is 0 Å². The van der Waals surface area contributed by atoms with E-state index in [1.807, 2.05) is 13.8 Å². The van der Waals surface area contributed by atoms with Crippen LogP contribution in [-0.2, 0) is 4.79 Å². The molecule has 1 aliphatic heterocycles. The SMILES string of the molecule is CCC(C)C[N+]1(C)C(=O)C(Cl)=CN(Cl)C1=O. The summed E-state index contributed by atoms with van der Waals surface area (Å²) < 4.78 is 0.458. The second-order valence-corrected chi connectivity index (χ2v) is 5.03. The summed E-state index contributed by atoms with van der Waals surface area (Å²) in [5.41, 5.74) is 0. The molecule has 3 amide bonds. The quantitative estimate of drug-likeness (QED) is 0.581. The van der Waals surface area contributed by atoms with Gasteiger partial charge in [0, 0.05) is 17.7 Å². The molecular weight excluding hydrogens is 251 g/mol. The number of urea groups is 1. The number of halogens is 2. The summed E-state index contributed by atoms with van der Waals surface area (Å²) in [5.74, 6) is -0.158. The van der Waals surface area contributed by atoms with Gasteiger partial charge in [0.25, 0.3) is 0 Å². The summed E-state index contributed by atoms with van der Waals surface area (Å²) in [6, 6.07) is -0.462. The van der Waals surface area contributed by atoms with E-state index in [9.17, 15) is 9.59 Å². The van der Waals surface area contributed by atoms with Gasteiger partial charge in [-0.2, -0.15) is 8.90 Å². The molecular formula is C10H15Cl2N2O2+. The van der Waals surface area contributed by atoms with E-state index in [4.69, 9.17) is 23.4 Å². The molecule has 6 heteroatoms. The van der Waals surface area contributed by atoms with E-state index in [-0.39, 0.29) is 11.0 Å². The monoisotopic (exact) mass is 265 g/mol. The summed E-state index contributed by atoms with van der Waals surface area (Å²) in [6.07, 6.45) is 2.03. The Hall–Kier alpha value is -0.580. The van der Waals surface area contributed by atoms with Gasteiger partial charge >= 0.3 is 11.9 Å². The van der Waals surface area contributed by atoms with E-state index >= 15 is 0 Å². The molecule has 0 saturated carbocycles. The average Bonchev–Trinajstić information content (AvgIpc) is 2.24. The molecule has 0 saturated heterocycles. The highest BCUT2D eigenvalue weighted by Gasteiger charge is 2.48. The number of carbonyl (C=O) groups is 2. The Balaban J connectivity index is 3.05. The minimum absolute atomic E-state index is 0.0135. The molecule has 0 aromatic heterocycles. The Kier molecular flexibility index (Phi) is 3.99. The number of hydrogen-bond acceptors (Lipinski definition) is 2. The number of carbonyl (C=O) groups excluding carboxylic acids is 2. The number of amides is 3. The van der Waals surface area contributed by atoms with E-state index in [0.717, 1.165) is 17.0 Å². The van der Waals surface area contributed by atoms with Crippen molar-refractivity contribution in [2.24, 2.45) is 5.92 Å². The van der Waals surface area contributed by atoms with Crippen LogP contribution >= 0.6 is 23.4 Å². The molecule has 2 atom stereocenters.